The summed E-state index contributed by atoms with van der Waals surface area (Å²) < 4.78 is 0. The Labute approximate surface area is 173 Å². The summed E-state index contributed by atoms with van der Waals surface area (Å²) in [5.41, 5.74) is 1.87. The third kappa shape index (κ3) is 4.66. The van der Waals surface area contributed by atoms with Gasteiger partial charge in [-0.3, -0.25) is 9.69 Å². The van der Waals surface area contributed by atoms with Crippen molar-refractivity contribution in [1.82, 2.24) is 15.1 Å². The van der Waals surface area contributed by atoms with E-state index in [4.69, 9.17) is 0 Å². The van der Waals surface area contributed by atoms with Gasteiger partial charge in [-0.2, -0.15) is 11.8 Å². The molecule has 2 bridgehead atoms. The first-order valence-electron chi connectivity index (χ1n) is 10.7. The predicted molar refractivity (Wildman–Crippen MR) is 118 cm³/mol. The van der Waals surface area contributed by atoms with Crippen molar-refractivity contribution < 1.29 is 4.79 Å². The fourth-order valence-electron chi connectivity index (χ4n) is 5.01. The van der Waals surface area contributed by atoms with Crippen LogP contribution in [0.15, 0.2) is 24.3 Å². The Morgan fingerprint density at radius 1 is 1.18 bits per heavy atom. The van der Waals surface area contributed by atoms with Crippen LogP contribution in [0.3, 0.4) is 0 Å². The van der Waals surface area contributed by atoms with Crippen LogP contribution in [0.2, 0.25) is 0 Å². The molecule has 4 fully saturated rings. The van der Waals surface area contributed by atoms with Crippen molar-refractivity contribution in [3.63, 3.8) is 0 Å². The summed E-state index contributed by atoms with van der Waals surface area (Å²) in [4.78, 5) is 19.9. The van der Waals surface area contributed by atoms with Crippen molar-refractivity contribution >= 4 is 23.4 Å². The lowest BCUT2D eigenvalue weighted by atomic mass is 9.75. The van der Waals surface area contributed by atoms with Gasteiger partial charge in [0, 0.05) is 75.6 Å². The molecule has 0 aromatic heterocycles. The number of nitrogens with zero attached hydrogens (tertiary/aromatic N) is 3. The summed E-state index contributed by atoms with van der Waals surface area (Å²) >= 11 is 2.09. The maximum atomic E-state index is 12.5. The molecule has 6 heteroatoms. The molecule has 0 radical (unpaired) electrons. The fourth-order valence-corrected chi connectivity index (χ4v) is 5.99. The molecular formula is C22H34N4OS. The number of nitrogens with one attached hydrogen (secondary N) is 1. The minimum absolute atomic E-state index is 0.0512. The number of piperidine rings is 3. The highest BCUT2D eigenvalue weighted by atomic mass is 32.2. The van der Waals surface area contributed by atoms with Gasteiger partial charge in [-0.05, 0) is 55.5 Å². The van der Waals surface area contributed by atoms with E-state index in [1.807, 2.05) is 43.3 Å². The highest BCUT2D eigenvalue weighted by Crippen LogP contribution is 2.36. The number of rotatable bonds is 6. The predicted octanol–water partition coefficient (Wildman–Crippen LogP) is 2.24. The molecular weight excluding hydrogens is 368 g/mol. The van der Waals surface area contributed by atoms with Crippen LogP contribution in [0.5, 0.6) is 0 Å². The molecule has 5 nitrogen and oxygen atoms in total. The Balaban J connectivity index is 1.26. The van der Waals surface area contributed by atoms with Gasteiger partial charge >= 0.3 is 0 Å². The van der Waals surface area contributed by atoms with Gasteiger partial charge < -0.3 is 15.1 Å². The molecule has 0 spiro atoms. The van der Waals surface area contributed by atoms with Crippen molar-refractivity contribution in [1.29, 1.82) is 0 Å². The first kappa shape index (κ1) is 20.0. The van der Waals surface area contributed by atoms with Crippen molar-refractivity contribution in [2.24, 2.45) is 11.8 Å². The summed E-state index contributed by atoms with van der Waals surface area (Å²) in [7, 11) is 4.03. The summed E-state index contributed by atoms with van der Waals surface area (Å²) in [6.07, 6.45) is 2.58. The Morgan fingerprint density at radius 3 is 2.57 bits per heavy atom. The van der Waals surface area contributed by atoms with E-state index in [1.165, 1.54) is 57.1 Å². The monoisotopic (exact) mass is 402 g/mol. The van der Waals surface area contributed by atoms with E-state index in [-0.39, 0.29) is 5.91 Å². The van der Waals surface area contributed by atoms with Crippen LogP contribution in [0, 0.1) is 11.8 Å². The number of hydrogen-bond acceptors (Lipinski definition) is 5. The lowest BCUT2D eigenvalue weighted by Crippen LogP contribution is -2.58. The minimum Gasteiger partial charge on any atom is -0.378 e. The lowest BCUT2D eigenvalue weighted by Gasteiger charge is -2.51. The Hall–Kier alpha value is -1.24. The first-order chi connectivity index (χ1) is 13.6. The standard InChI is InChI=1S/C22H34N4OS/c1-24(2)20-5-3-17(4-6-20)22(27)23-14-21-13-18-7-8-26(21)16-19(18)15-25-9-11-28-12-10-25/h3-6,18-19,21H,7-16H2,1-2H3,(H,23,27)/t18-,19+,21+/m1/s1. The van der Waals surface area contributed by atoms with Crippen LogP contribution in [0.25, 0.3) is 0 Å². The third-order valence-corrected chi connectivity index (χ3v) is 7.70. The second-order valence-electron chi connectivity index (χ2n) is 8.76. The SMILES string of the molecule is CN(C)c1ccc(C(=O)NC[C@@H]2C[C@H]3CCN2C[C@@H]3CN2CCSCC2)cc1. The molecule has 1 aromatic rings. The zero-order valence-corrected chi connectivity index (χ0v) is 18.1. The van der Waals surface area contributed by atoms with E-state index >= 15 is 0 Å². The minimum atomic E-state index is 0.0512. The number of fused-ring (bicyclic) bond motifs is 3. The Morgan fingerprint density at radius 2 is 1.93 bits per heavy atom. The van der Waals surface area contributed by atoms with Crippen LogP contribution in [-0.2, 0) is 0 Å². The van der Waals surface area contributed by atoms with E-state index in [0.29, 0.717) is 6.04 Å². The van der Waals surface area contributed by atoms with Gasteiger partial charge in [0.05, 0.1) is 0 Å². The van der Waals surface area contributed by atoms with E-state index in [0.717, 1.165) is 29.6 Å². The smallest absolute Gasteiger partial charge is 0.251 e. The van der Waals surface area contributed by atoms with E-state index in [9.17, 15) is 4.79 Å². The average Bonchev–Trinajstić information content (AvgIpc) is 2.73. The molecule has 4 aliphatic rings. The highest BCUT2D eigenvalue weighted by molar-refractivity contribution is 7.99. The highest BCUT2D eigenvalue weighted by Gasteiger charge is 2.40. The van der Waals surface area contributed by atoms with Crippen LogP contribution >= 0.6 is 11.8 Å². The fraction of sp³-hybridized carbons (Fsp3) is 0.682. The molecule has 0 aliphatic carbocycles. The second-order valence-corrected chi connectivity index (χ2v) is 9.98. The Kier molecular flexibility index (Phi) is 6.48. The average molecular weight is 403 g/mol. The van der Waals surface area contributed by atoms with Gasteiger partial charge in [0.1, 0.15) is 0 Å². The molecule has 1 aromatic carbocycles. The molecule has 4 saturated heterocycles. The van der Waals surface area contributed by atoms with E-state index in [1.54, 1.807) is 0 Å². The number of hydrogen-bond donors (Lipinski definition) is 1. The van der Waals surface area contributed by atoms with Gasteiger partial charge in [-0.15, -0.1) is 0 Å². The van der Waals surface area contributed by atoms with Gasteiger partial charge in [-0.25, -0.2) is 0 Å². The van der Waals surface area contributed by atoms with Gasteiger partial charge in [0.25, 0.3) is 5.91 Å². The van der Waals surface area contributed by atoms with Gasteiger partial charge in [0.15, 0.2) is 0 Å². The van der Waals surface area contributed by atoms with Crippen molar-refractivity contribution in [3.05, 3.63) is 29.8 Å². The largest absolute Gasteiger partial charge is 0.378 e. The molecule has 4 atom stereocenters. The normalized spacial score (nSPS) is 30.2. The van der Waals surface area contributed by atoms with Crippen molar-refractivity contribution in [2.75, 3.05) is 69.8 Å². The maximum absolute atomic E-state index is 12.5. The third-order valence-electron chi connectivity index (χ3n) is 6.75. The number of thioether (sulfide) groups is 1. The lowest BCUT2D eigenvalue weighted by molar-refractivity contribution is -0.0104. The number of amides is 1. The van der Waals surface area contributed by atoms with Crippen LogP contribution in [0.1, 0.15) is 23.2 Å². The molecule has 1 N–H and O–H groups in total. The number of anilines is 1. The van der Waals surface area contributed by atoms with Gasteiger partial charge in [-0.1, -0.05) is 0 Å². The van der Waals surface area contributed by atoms with Crippen molar-refractivity contribution in [3.8, 4) is 0 Å². The van der Waals surface area contributed by atoms with Crippen LogP contribution in [-0.4, -0.2) is 86.6 Å². The number of carbonyl (C=O) groups is 1. The summed E-state index contributed by atoms with van der Waals surface area (Å²) in [6, 6.07) is 8.36. The zero-order chi connectivity index (χ0) is 19.5. The summed E-state index contributed by atoms with van der Waals surface area (Å²) in [6.45, 7) is 7.00. The molecule has 1 unspecified atom stereocenters. The second kappa shape index (κ2) is 9.06. The maximum Gasteiger partial charge on any atom is 0.251 e. The molecule has 1 amide bonds. The molecule has 5 rings (SSSR count). The summed E-state index contributed by atoms with van der Waals surface area (Å²) in [5, 5.41) is 3.19. The quantitative estimate of drug-likeness (QED) is 0.790. The molecule has 28 heavy (non-hydrogen) atoms. The van der Waals surface area contributed by atoms with Crippen LogP contribution < -0.4 is 10.2 Å². The first-order valence-corrected chi connectivity index (χ1v) is 11.9. The molecule has 4 heterocycles. The number of carbonyl (C=O) groups excluding carboxylic acids is 1. The van der Waals surface area contributed by atoms with Crippen molar-refractivity contribution in [2.45, 2.75) is 18.9 Å². The molecule has 4 aliphatic heterocycles. The Bertz CT molecular complexity index is 659. The number of benzene rings is 1. The van der Waals surface area contributed by atoms with Gasteiger partial charge in [0.2, 0.25) is 0 Å². The van der Waals surface area contributed by atoms with E-state index < -0.39 is 0 Å². The van der Waals surface area contributed by atoms with E-state index in [2.05, 4.69) is 26.9 Å². The molecule has 0 saturated carbocycles. The zero-order valence-electron chi connectivity index (χ0n) is 17.3. The van der Waals surface area contributed by atoms with Crippen LogP contribution in [0.4, 0.5) is 5.69 Å². The topological polar surface area (TPSA) is 38.8 Å². The molecule has 154 valence electrons. The summed E-state index contributed by atoms with van der Waals surface area (Å²) in [5.74, 6) is 4.30.